The van der Waals surface area contributed by atoms with E-state index >= 15 is 0 Å². The average Bonchev–Trinajstić information content (AvgIpc) is 3.07. The van der Waals surface area contributed by atoms with E-state index in [-0.39, 0.29) is 24.0 Å². The molecule has 26 heavy (non-hydrogen) atoms. The van der Waals surface area contributed by atoms with Crippen molar-refractivity contribution in [3.63, 3.8) is 0 Å². The molecule has 0 amide bonds. The number of aryl methyl sites for hydroxylation is 1. The standard InChI is InChI=1S/C19H29N5O.HI/c1-5-15(6-2)18-11-17(25-24-18)13-22-19(20-7-3)21-12-16-10-8-9-14(4)23-16;/h8-11,15H,5-7,12-13H2,1-4H3,(H2,20,21,22);1H. The fourth-order valence-corrected chi connectivity index (χ4v) is 2.67. The maximum absolute atomic E-state index is 5.45. The summed E-state index contributed by atoms with van der Waals surface area (Å²) in [5.41, 5.74) is 2.99. The van der Waals surface area contributed by atoms with Crippen LogP contribution in [-0.2, 0) is 13.1 Å². The molecule has 6 nitrogen and oxygen atoms in total. The van der Waals surface area contributed by atoms with Gasteiger partial charge in [-0.3, -0.25) is 4.98 Å². The van der Waals surface area contributed by atoms with Gasteiger partial charge in [-0.15, -0.1) is 24.0 Å². The molecule has 2 aromatic rings. The molecule has 0 saturated heterocycles. The van der Waals surface area contributed by atoms with Gasteiger partial charge in [0.2, 0.25) is 0 Å². The van der Waals surface area contributed by atoms with Crippen LogP contribution in [-0.4, -0.2) is 22.6 Å². The van der Waals surface area contributed by atoms with Crippen LogP contribution in [0.5, 0.6) is 0 Å². The minimum Gasteiger partial charge on any atom is -0.359 e. The lowest BCUT2D eigenvalue weighted by Gasteiger charge is -2.10. The van der Waals surface area contributed by atoms with Crippen molar-refractivity contribution in [1.29, 1.82) is 0 Å². The molecule has 144 valence electrons. The van der Waals surface area contributed by atoms with Crippen molar-refractivity contribution >= 4 is 29.9 Å². The second kappa shape index (κ2) is 11.9. The molecule has 0 unspecified atom stereocenters. The molecule has 7 heteroatoms. The van der Waals surface area contributed by atoms with Gasteiger partial charge in [-0.2, -0.15) is 0 Å². The summed E-state index contributed by atoms with van der Waals surface area (Å²) >= 11 is 0. The summed E-state index contributed by atoms with van der Waals surface area (Å²) in [7, 11) is 0. The molecule has 0 aliphatic rings. The maximum Gasteiger partial charge on any atom is 0.192 e. The Labute approximate surface area is 173 Å². The Morgan fingerprint density at radius 1 is 1.19 bits per heavy atom. The monoisotopic (exact) mass is 471 g/mol. The third-order valence-corrected chi connectivity index (χ3v) is 4.10. The number of nitrogens with one attached hydrogen (secondary N) is 2. The molecule has 2 aromatic heterocycles. The zero-order valence-electron chi connectivity index (χ0n) is 16.1. The van der Waals surface area contributed by atoms with Crippen molar-refractivity contribution in [2.45, 2.75) is 59.5 Å². The van der Waals surface area contributed by atoms with Crippen LogP contribution in [0.2, 0.25) is 0 Å². The number of guanidine groups is 1. The second-order valence-electron chi connectivity index (χ2n) is 6.05. The first-order valence-electron chi connectivity index (χ1n) is 9.06. The number of halogens is 1. The molecular weight excluding hydrogens is 441 g/mol. The Morgan fingerprint density at radius 2 is 1.96 bits per heavy atom. The predicted molar refractivity (Wildman–Crippen MR) is 116 cm³/mol. The van der Waals surface area contributed by atoms with E-state index in [0.29, 0.717) is 19.0 Å². The van der Waals surface area contributed by atoms with Crippen molar-refractivity contribution in [2.75, 3.05) is 6.54 Å². The van der Waals surface area contributed by atoms with Crippen LogP contribution in [0.1, 0.15) is 62.4 Å². The van der Waals surface area contributed by atoms with E-state index in [9.17, 15) is 0 Å². The van der Waals surface area contributed by atoms with E-state index in [1.54, 1.807) is 0 Å². The van der Waals surface area contributed by atoms with Crippen LogP contribution in [0.25, 0.3) is 0 Å². The molecule has 2 rings (SSSR count). The number of hydrogen-bond acceptors (Lipinski definition) is 4. The first kappa shape index (κ1) is 22.4. The first-order valence-corrected chi connectivity index (χ1v) is 9.06. The Balaban J connectivity index is 0.00000338. The fraction of sp³-hybridized carbons (Fsp3) is 0.526. The second-order valence-corrected chi connectivity index (χ2v) is 6.05. The molecule has 0 radical (unpaired) electrons. The summed E-state index contributed by atoms with van der Waals surface area (Å²) < 4.78 is 5.45. The van der Waals surface area contributed by atoms with Crippen molar-refractivity contribution in [3.05, 3.63) is 47.1 Å². The van der Waals surface area contributed by atoms with E-state index in [1.165, 1.54) is 0 Å². The largest absolute Gasteiger partial charge is 0.359 e. The molecule has 0 aliphatic heterocycles. The van der Waals surface area contributed by atoms with Crippen LogP contribution in [0, 0.1) is 6.92 Å². The topological polar surface area (TPSA) is 75.3 Å². The molecule has 0 saturated carbocycles. The lowest BCUT2D eigenvalue weighted by atomic mass is 9.99. The van der Waals surface area contributed by atoms with E-state index in [1.807, 2.05) is 38.1 Å². The number of nitrogens with zero attached hydrogens (tertiary/aromatic N) is 3. The van der Waals surface area contributed by atoms with Gasteiger partial charge in [-0.05, 0) is 38.8 Å². The zero-order chi connectivity index (χ0) is 18.1. The van der Waals surface area contributed by atoms with Gasteiger partial charge in [0.15, 0.2) is 11.7 Å². The fourth-order valence-electron chi connectivity index (χ4n) is 2.67. The average molecular weight is 471 g/mol. The number of aromatic nitrogens is 2. The highest BCUT2D eigenvalue weighted by Crippen LogP contribution is 2.22. The highest BCUT2D eigenvalue weighted by atomic mass is 127. The van der Waals surface area contributed by atoms with Gasteiger partial charge < -0.3 is 15.2 Å². The van der Waals surface area contributed by atoms with Gasteiger partial charge in [0.1, 0.15) is 0 Å². The molecular formula is C19H30IN5O. The number of rotatable bonds is 8. The van der Waals surface area contributed by atoms with Crippen LogP contribution in [0.3, 0.4) is 0 Å². The minimum absolute atomic E-state index is 0. The van der Waals surface area contributed by atoms with Crippen molar-refractivity contribution in [3.8, 4) is 0 Å². The number of aliphatic imine (C=N–C) groups is 1. The molecule has 0 fully saturated rings. The third kappa shape index (κ3) is 6.93. The lowest BCUT2D eigenvalue weighted by Crippen LogP contribution is -2.36. The summed E-state index contributed by atoms with van der Waals surface area (Å²) in [6, 6.07) is 8.01. The molecule has 0 spiro atoms. The number of hydrogen-bond donors (Lipinski definition) is 2. The van der Waals surface area contributed by atoms with Gasteiger partial charge in [-0.25, -0.2) is 4.99 Å². The quantitative estimate of drug-likeness (QED) is 0.344. The van der Waals surface area contributed by atoms with Crippen LogP contribution < -0.4 is 10.6 Å². The summed E-state index contributed by atoms with van der Waals surface area (Å²) in [5.74, 6) is 2.03. The van der Waals surface area contributed by atoms with Crippen LogP contribution >= 0.6 is 24.0 Å². The smallest absolute Gasteiger partial charge is 0.192 e. The van der Waals surface area contributed by atoms with E-state index < -0.39 is 0 Å². The normalized spacial score (nSPS) is 11.3. The van der Waals surface area contributed by atoms with Gasteiger partial charge in [0.05, 0.1) is 24.5 Å². The van der Waals surface area contributed by atoms with Crippen molar-refractivity contribution in [1.82, 2.24) is 20.8 Å². The molecule has 2 heterocycles. The molecule has 0 bridgehead atoms. The Hall–Kier alpha value is -1.64. The Bertz CT molecular complexity index is 682. The maximum atomic E-state index is 5.45. The Kier molecular flexibility index (Phi) is 10.2. The molecule has 0 aliphatic carbocycles. The Morgan fingerprint density at radius 3 is 2.62 bits per heavy atom. The summed E-state index contributed by atoms with van der Waals surface area (Å²) in [6.45, 7) is 10.3. The van der Waals surface area contributed by atoms with Gasteiger partial charge >= 0.3 is 0 Å². The van der Waals surface area contributed by atoms with Crippen molar-refractivity contribution in [2.24, 2.45) is 4.99 Å². The van der Waals surface area contributed by atoms with Gasteiger partial charge in [0.25, 0.3) is 0 Å². The van der Waals surface area contributed by atoms with Crippen LogP contribution in [0.4, 0.5) is 0 Å². The SMILES string of the molecule is CCNC(=NCc1cccc(C)n1)NCc1cc(C(CC)CC)no1.I. The lowest BCUT2D eigenvalue weighted by molar-refractivity contribution is 0.368. The number of pyridine rings is 1. The van der Waals surface area contributed by atoms with Crippen LogP contribution in [0.15, 0.2) is 33.8 Å². The zero-order valence-corrected chi connectivity index (χ0v) is 18.4. The van der Waals surface area contributed by atoms with Gasteiger partial charge in [0, 0.05) is 24.2 Å². The summed E-state index contributed by atoms with van der Waals surface area (Å²) in [5, 5.41) is 10.7. The third-order valence-electron chi connectivity index (χ3n) is 4.10. The summed E-state index contributed by atoms with van der Waals surface area (Å²) in [6.07, 6.45) is 2.15. The van der Waals surface area contributed by atoms with E-state index in [0.717, 1.165) is 48.2 Å². The van der Waals surface area contributed by atoms with Crippen molar-refractivity contribution < 1.29 is 4.52 Å². The molecule has 0 aromatic carbocycles. The minimum atomic E-state index is 0. The highest BCUT2D eigenvalue weighted by molar-refractivity contribution is 14.0. The van der Waals surface area contributed by atoms with E-state index in [2.05, 4.69) is 39.6 Å². The summed E-state index contributed by atoms with van der Waals surface area (Å²) in [4.78, 5) is 9.06. The van der Waals surface area contributed by atoms with Gasteiger partial charge in [-0.1, -0.05) is 25.1 Å². The highest BCUT2D eigenvalue weighted by Gasteiger charge is 2.13. The van der Waals surface area contributed by atoms with E-state index in [4.69, 9.17) is 4.52 Å². The first-order chi connectivity index (χ1) is 12.2. The predicted octanol–water partition coefficient (Wildman–Crippen LogP) is 4.15. The molecule has 0 atom stereocenters. The molecule has 2 N–H and O–H groups in total.